The summed E-state index contributed by atoms with van der Waals surface area (Å²) in [4.78, 5) is 4.74. The van der Waals surface area contributed by atoms with E-state index in [2.05, 4.69) is 51.4 Å². The normalized spacial score (nSPS) is 15.5. The average Bonchev–Trinajstić information content (AvgIpc) is 2.90. The van der Waals surface area contributed by atoms with Gasteiger partial charge in [0.15, 0.2) is 5.11 Å². The van der Waals surface area contributed by atoms with Crippen LogP contribution in [0, 0.1) is 13.8 Å². The van der Waals surface area contributed by atoms with Gasteiger partial charge in [-0.1, -0.05) is 24.3 Å². The minimum atomic E-state index is 0.793. The summed E-state index contributed by atoms with van der Waals surface area (Å²) in [5.41, 5.74) is 4.86. The first-order chi connectivity index (χ1) is 11.5. The van der Waals surface area contributed by atoms with E-state index in [9.17, 15) is 0 Å². The Balaban J connectivity index is 1.52. The first-order valence-corrected chi connectivity index (χ1v) is 8.77. The number of aromatic nitrogens is 2. The first kappa shape index (κ1) is 16.9. The Hall–Kier alpha value is -1.92. The number of aryl methyl sites for hydroxylation is 2. The molecule has 128 valence electrons. The van der Waals surface area contributed by atoms with E-state index in [1.807, 2.05) is 24.9 Å². The van der Waals surface area contributed by atoms with Crippen molar-refractivity contribution in [1.82, 2.24) is 19.6 Å². The predicted octanol–water partition coefficient (Wildman–Crippen LogP) is 2.55. The molecular formula is C18H25N5S. The molecule has 0 spiro atoms. The number of rotatable bonds is 3. The SMILES string of the molecule is Cc1ccccc1CN1CCN(C(=S)Nc2cnn(C)c2C)CC1. The third kappa shape index (κ3) is 3.76. The molecule has 5 nitrogen and oxygen atoms in total. The molecule has 2 aromatic rings. The Bertz CT molecular complexity index is 716. The molecule has 1 saturated heterocycles. The van der Waals surface area contributed by atoms with Crippen molar-refractivity contribution in [3.63, 3.8) is 0 Å². The van der Waals surface area contributed by atoms with E-state index in [0.29, 0.717) is 0 Å². The van der Waals surface area contributed by atoms with Crippen LogP contribution in [0.1, 0.15) is 16.8 Å². The fourth-order valence-corrected chi connectivity index (χ4v) is 3.25. The highest BCUT2D eigenvalue weighted by atomic mass is 32.1. The summed E-state index contributed by atoms with van der Waals surface area (Å²) < 4.78 is 1.85. The summed E-state index contributed by atoms with van der Waals surface area (Å²) in [6.45, 7) is 9.21. The molecular weight excluding hydrogens is 318 g/mol. The van der Waals surface area contributed by atoms with Gasteiger partial charge in [0, 0.05) is 39.8 Å². The van der Waals surface area contributed by atoms with Gasteiger partial charge in [-0.3, -0.25) is 9.58 Å². The van der Waals surface area contributed by atoms with Crippen molar-refractivity contribution in [1.29, 1.82) is 0 Å². The third-order valence-corrected chi connectivity index (χ3v) is 5.15. The lowest BCUT2D eigenvalue weighted by Gasteiger charge is -2.36. The maximum absolute atomic E-state index is 5.57. The number of thiocarbonyl (C=S) groups is 1. The predicted molar refractivity (Wildman–Crippen MR) is 102 cm³/mol. The zero-order chi connectivity index (χ0) is 17.1. The lowest BCUT2D eigenvalue weighted by molar-refractivity contribution is 0.176. The van der Waals surface area contributed by atoms with E-state index in [0.717, 1.165) is 49.2 Å². The van der Waals surface area contributed by atoms with Crippen LogP contribution in [-0.4, -0.2) is 50.9 Å². The molecule has 1 aromatic heterocycles. The molecule has 1 aliphatic rings. The second-order valence-corrected chi connectivity index (χ2v) is 6.77. The maximum Gasteiger partial charge on any atom is 0.173 e. The zero-order valence-corrected chi connectivity index (χ0v) is 15.4. The average molecular weight is 344 g/mol. The third-order valence-electron chi connectivity index (χ3n) is 4.79. The standard InChI is InChI=1S/C18H25N5S/c1-14-6-4-5-7-16(14)13-22-8-10-23(11-9-22)18(24)20-17-12-19-21(3)15(17)2/h4-7,12H,8-11,13H2,1-3H3,(H,20,24). The maximum atomic E-state index is 5.57. The fraction of sp³-hybridized carbons (Fsp3) is 0.444. The Morgan fingerprint density at radius 3 is 2.50 bits per heavy atom. The van der Waals surface area contributed by atoms with Crippen molar-refractivity contribution < 1.29 is 0 Å². The van der Waals surface area contributed by atoms with Crippen LogP contribution >= 0.6 is 12.2 Å². The van der Waals surface area contributed by atoms with Crippen molar-refractivity contribution >= 4 is 23.0 Å². The van der Waals surface area contributed by atoms with Crippen LogP contribution in [0.25, 0.3) is 0 Å². The minimum absolute atomic E-state index is 0.793. The Labute approximate surface area is 149 Å². The molecule has 6 heteroatoms. The summed E-state index contributed by atoms with van der Waals surface area (Å²) in [6.07, 6.45) is 1.83. The van der Waals surface area contributed by atoms with Gasteiger partial charge in [0.05, 0.1) is 17.6 Å². The fourth-order valence-electron chi connectivity index (χ4n) is 2.95. The summed E-state index contributed by atoms with van der Waals surface area (Å²) in [5, 5.41) is 8.37. The van der Waals surface area contributed by atoms with Crippen LogP contribution in [0.5, 0.6) is 0 Å². The van der Waals surface area contributed by atoms with E-state index in [-0.39, 0.29) is 0 Å². The molecule has 1 aromatic carbocycles. The second kappa shape index (κ2) is 7.32. The zero-order valence-electron chi connectivity index (χ0n) is 14.6. The lowest BCUT2D eigenvalue weighted by Crippen LogP contribution is -2.49. The Morgan fingerprint density at radius 1 is 1.17 bits per heavy atom. The number of piperazine rings is 1. The first-order valence-electron chi connectivity index (χ1n) is 8.36. The van der Waals surface area contributed by atoms with Crippen LogP contribution in [0.3, 0.4) is 0 Å². The Kier molecular flexibility index (Phi) is 5.16. The summed E-state index contributed by atoms with van der Waals surface area (Å²) in [6, 6.07) is 8.62. The molecule has 3 rings (SSSR count). The van der Waals surface area contributed by atoms with Crippen molar-refractivity contribution in [3.8, 4) is 0 Å². The highest BCUT2D eigenvalue weighted by Crippen LogP contribution is 2.15. The van der Waals surface area contributed by atoms with Crippen LogP contribution < -0.4 is 5.32 Å². The minimum Gasteiger partial charge on any atom is -0.346 e. The molecule has 0 radical (unpaired) electrons. The molecule has 0 atom stereocenters. The Morgan fingerprint density at radius 2 is 1.88 bits per heavy atom. The molecule has 24 heavy (non-hydrogen) atoms. The van der Waals surface area contributed by atoms with Gasteiger partial charge in [-0.05, 0) is 37.2 Å². The number of benzene rings is 1. The van der Waals surface area contributed by atoms with E-state index >= 15 is 0 Å². The van der Waals surface area contributed by atoms with Gasteiger partial charge in [0.25, 0.3) is 0 Å². The molecule has 0 bridgehead atoms. The van der Waals surface area contributed by atoms with Gasteiger partial charge in [-0.2, -0.15) is 5.10 Å². The van der Waals surface area contributed by atoms with Crippen molar-refractivity contribution in [2.75, 3.05) is 31.5 Å². The van der Waals surface area contributed by atoms with Gasteiger partial charge in [0.1, 0.15) is 0 Å². The number of hydrogen-bond donors (Lipinski definition) is 1. The molecule has 0 saturated carbocycles. The van der Waals surface area contributed by atoms with Gasteiger partial charge in [-0.15, -0.1) is 0 Å². The summed E-state index contributed by atoms with van der Waals surface area (Å²) in [5.74, 6) is 0. The van der Waals surface area contributed by atoms with Gasteiger partial charge in [-0.25, -0.2) is 0 Å². The van der Waals surface area contributed by atoms with E-state index in [1.54, 1.807) is 0 Å². The van der Waals surface area contributed by atoms with Gasteiger partial charge >= 0.3 is 0 Å². The monoisotopic (exact) mass is 343 g/mol. The molecule has 0 unspecified atom stereocenters. The van der Waals surface area contributed by atoms with Crippen molar-refractivity contribution in [3.05, 3.63) is 47.3 Å². The van der Waals surface area contributed by atoms with Crippen molar-refractivity contribution in [2.45, 2.75) is 20.4 Å². The van der Waals surface area contributed by atoms with Crippen LogP contribution in [0.4, 0.5) is 5.69 Å². The molecule has 2 heterocycles. The van der Waals surface area contributed by atoms with Gasteiger partial charge < -0.3 is 10.2 Å². The summed E-state index contributed by atoms with van der Waals surface area (Å²) in [7, 11) is 1.94. The van der Waals surface area contributed by atoms with Crippen molar-refractivity contribution in [2.24, 2.45) is 7.05 Å². The van der Waals surface area contributed by atoms with E-state index < -0.39 is 0 Å². The number of hydrogen-bond acceptors (Lipinski definition) is 3. The van der Waals surface area contributed by atoms with Crippen LogP contribution in [-0.2, 0) is 13.6 Å². The topological polar surface area (TPSA) is 36.3 Å². The second-order valence-electron chi connectivity index (χ2n) is 6.39. The van der Waals surface area contributed by atoms with Crippen LogP contribution in [0.2, 0.25) is 0 Å². The van der Waals surface area contributed by atoms with Gasteiger partial charge in [0.2, 0.25) is 0 Å². The molecule has 0 aliphatic carbocycles. The lowest BCUT2D eigenvalue weighted by atomic mass is 10.1. The molecule has 0 amide bonds. The van der Waals surface area contributed by atoms with Crippen LogP contribution in [0.15, 0.2) is 30.5 Å². The highest BCUT2D eigenvalue weighted by Gasteiger charge is 2.20. The smallest absolute Gasteiger partial charge is 0.173 e. The quantitative estimate of drug-likeness (QED) is 0.867. The number of nitrogens with one attached hydrogen (secondary N) is 1. The molecule has 1 N–H and O–H groups in total. The van der Waals surface area contributed by atoms with E-state index in [1.165, 1.54) is 11.1 Å². The summed E-state index contributed by atoms with van der Waals surface area (Å²) >= 11 is 5.57. The number of nitrogens with zero attached hydrogens (tertiary/aromatic N) is 4. The number of anilines is 1. The van der Waals surface area contributed by atoms with E-state index in [4.69, 9.17) is 12.2 Å². The highest BCUT2D eigenvalue weighted by molar-refractivity contribution is 7.80. The largest absolute Gasteiger partial charge is 0.346 e. The molecule has 1 fully saturated rings. The molecule has 1 aliphatic heterocycles.